The van der Waals surface area contributed by atoms with Gasteiger partial charge in [-0.05, 0) is 6.07 Å². The number of nitrogens with zero attached hydrogens (tertiary/aromatic N) is 4. The molecular weight excluding hydrogens is 415 g/mol. The fraction of sp³-hybridized carbons (Fsp3) is 0.400. The van der Waals surface area contributed by atoms with Gasteiger partial charge in [-0.2, -0.15) is 5.10 Å². The topological polar surface area (TPSA) is 165 Å². The van der Waals surface area contributed by atoms with E-state index in [0.29, 0.717) is 6.07 Å². The Morgan fingerprint density at radius 1 is 1.45 bits per heavy atom. The highest BCUT2D eigenvalue weighted by atomic mass is 31.2. The van der Waals surface area contributed by atoms with Crippen LogP contribution >= 0.6 is 7.82 Å². The van der Waals surface area contributed by atoms with Gasteiger partial charge in [0.05, 0.1) is 32.6 Å². The maximum atomic E-state index is 14.6. The normalized spacial score (nSPS) is 17.1. The molecule has 0 spiro atoms. The van der Waals surface area contributed by atoms with E-state index in [2.05, 4.69) is 19.6 Å². The van der Waals surface area contributed by atoms with Crippen molar-refractivity contribution < 1.29 is 37.5 Å². The summed E-state index contributed by atoms with van der Waals surface area (Å²) in [7, 11) is -4.94. The predicted octanol–water partition coefficient (Wildman–Crippen LogP) is -0.0744. The molecule has 0 bridgehead atoms. The summed E-state index contributed by atoms with van der Waals surface area (Å²) >= 11 is 0. The Labute approximate surface area is 164 Å². The molecule has 0 amide bonds. The summed E-state index contributed by atoms with van der Waals surface area (Å²) in [5.41, 5.74) is 2.93. The average molecular weight is 435 g/mol. The molecule has 3 atom stereocenters. The van der Waals surface area contributed by atoms with Crippen molar-refractivity contribution in [3.8, 4) is 0 Å². The average Bonchev–Trinajstić information content (AvgIpc) is 3.16. The third-order valence-corrected chi connectivity index (χ3v) is 4.74. The lowest BCUT2D eigenvalue weighted by molar-refractivity contribution is -0.0117. The predicted molar refractivity (Wildman–Crippen MR) is 95.6 cm³/mol. The number of phosphoric ester groups is 1. The summed E-state index contributed by atoms with van der Waals surface area (Å²) in [5.74, 6) is -1.95. The van der Waals surface area contributed by atoms with Gasteiger partial charge in [0.2, 0.25) is 0 Å². The number of aliphatic hydroxyl groups excluding tert-OH is 2. The number of phosphoric acid groups is 1. The van der Waals surface area contributed by atoms with Crippen LogP contribution in [0, 0.1) is 11.6 Å². The second-order valence-corrected chi connectivity index (χ2v) is 7.27. The molecule has 2 rings (SSSR count). The summed E-state index contributed by atoms with van der Waals surface area (Å²) in [6, 6.07) is 2.53. The van der Waals surface area contributed by atoms with Crippen molar-refractivity contribution in [3.05, 3.63) is 48.1 Å². The molecule has 0 fully saturated rings. The third kappa shape index (κ3) is 6.35. The largest absolute Gasteiger partial charge is 0.473 e. The van der Waals surface area contributed by atoms with Gasteiger partial charge in [-0.15, -0.1) is 0 Å². The van der Waals surface area contributed by atoms with Gasteiger partial charge in [-0.3, -0.25) is 14.0 Å². The molecule has 0 aliphatic heterocycles. The second kappa shape index (κ2) is 9.96. The minimum absolute atomic E-state index is 0.319. The van der Waals surface area contributed by atoms with E-state index >= 15 is 0 Å². The van der Waals surface area contributed by atoms with Crippen LogP contribution in [0.3, 0.4) is 0 Å². The van der Waals surface area contributed by atoms with Gasteiger partial charge < -0.3 is 20.8 Å². The van der Waals surface area contributed by atoms with E-state index in [0.717, 1.165) is 18.5 Å². The quantitative estimate of drug-likeness (QED) is 0.215. The number of benzene rings is 1. The van der Waals surface area contributed by atoms with Crippen LogP contribution in [0.15, 0.2) is 35.8 Å². The molecule has 0 radical (unpaired) electrons. The molecule has 14 heteroatoms. The van der Waals surface area contributed by atoms with Gasteiger partial charge in [0.15, 0.2) is 0 Å². The number of aromatic nitrogens is 3. The smallest absolute Gasteiger partial charge is 0.394 e. The lowest BCUT2D eigenvalue weighted by Crippen LogP contribution is -2.39. The minimum Gasteiger partial charge on any atom is -0.394 e. The van der Waals surface area contributed by atoms with Crippen LogP contribution in [0.1, 0.15) is 5.56 Å². The summed E-state index contributed by atoms with van der Waals surface area (Å²) in [4.78, 5) is 17.7. The molecule has 160 valence electrons. The second-order valence-electron chi connectivity index (χ2n) is 5.89. The molecule has 1 aromatic carbocycles. The molecule has 0 saturated heterocycles. The molecular formula is C15H20F2N5O6P. The molecule has 3 unspecified atom stereocenters. The molecule has 2 aromatic rings. The van der Waals surface area contributed by atoms with Crippen LogP contribution in [-0.2, 0) is 25.8 Å². The van der Waals surface area contributed by atoms with E-state index in [-0.39, 0.29) is 12.1 Å². The van der Waals surface area contributed by atoms with Crippen LogP contribution < -0.4 is 5.73 Å². The molecule has 1 heterocycles. The van der Waals surface area contributed by atoms with Gasteiger partial charge in [0, 0.05) is 11.6 Å². The number of halogens is 2. The van der Waals surface area contributed by atoms with E-state index in [1.54, 1.807) is 0 Å². The summed E-state index contributed by atoms with van der Waals surface area (Å²) < 4.78 is 51.6. The molecule has 0 saturated carbocycles. The maximum absolute atomic E-state index is 14.6. The zero-order chi connectivity index (χ0) is 21.5. The standard InChI is InChI=1S/C15H20F2N5O6P/c16-11-1-2-13(14(17)3-11)15(6-19-8-18,7-22-10-20-9-21-22)28-29(25,26)27-5-12(24)4-23/h1-3,8-10,12,23-24H,4-7H2,(H2,18,19)(H,25,26). The number of hydrogen-bond acceptors (Lipinski definition) is 8. The van der Waals surface area contributed by atoms with Crippen molar-refractivity contribution in [1.29, 1.82) is 0 Å². The molecule has 11 nitrogen and oxygen atoms in total. The first-order valence-corrected chi connectivity index (χ1v) is 9.66. The maximum Gasteiger partial charge on any atom is 0.473 e. The zero-order valence-corrected chi connectivity index (χ0v) is 15.9. The molecule has 1 aromatic heterocycles. The number of rotatable bonds is 11. The third-order valence-electron chi connectivity index (χ3n) is 3.69. The molecule has 5 N–H and O–H groups in total. The van der Waals surface area contributed by atoms with Crippen LogP contribution in [0.25, 0.3) is 0 Å². The fourth-order valence-electron chi connectivity index (χ4n) is 2.44. The van der Waals surface area contributed by atoms with Gasteiger partial charge in [0.1, 0.15) is 36.0 Å². The highest BCUT2D eigenvalue weighted by molar-refractivity contribution is 7.47. The van der Waals surface area contributed by atoms with Crippen molar-refractivity contribution >= 4 is 14.2 Å². The zero-order valence-electron chi connectivity index (χ0n) is 15.0. The highest BCUT2D eigenvalue weighted by Crippen LogP contribution is 2.51. The molecule has 29 heavy (non-hydrogen) atoms. The first kappa shape index (κ1) is 23.0. The Morgan fingerprint density at radius 2 is 2.21 bits per heavy atom. The number of nitrogens with two attached hydrogens (primary N) is 1. The number of hydrogen-bond donors (Lipinski definition) is 4. The van der Waals surface area contributed by atoms with Crippen LogP contribution in [0.2, 0.25) is 0 Å². The van der Waals surface area contributed by atoms with Crippen LogP contribution in [-0.4, -0.2) is 62.1 Å². The van der Waals surface area contributed by atoms with Crippen molar-refractivity contribution in [2.45, 2.75) is 18.2 Å². The van der Waals surface area contributed by atoms with Crippen molar-refractivity contribution in [2.24, 2.45) is 10.7 Å². The Balaban J connectivity index is 2.50. The van der Waals surface area contributed by atoms with Crippen LogP contribution in [0.4, 0.5) is 8.78 Å². The Kier molecular flexibility index (Phi) is 7.90. The Morgan fingerprint density at radius 3 is 2.79 bits per heavy atom. The summed E-state index contributed by atoms with van der Waals surface area (Å²) in [6.45, 7) is -2.31. The van der Waals surface area contributed by atoms with E-state index in [1.807, 2.05) is 0 Å². The monoisotopic (exact) mass is 435 g/mol. The van der Waals surface area contributed by atoms with Gasteiger partial charge in [-0.25, -0.2) is 23.0 Å². The SMILES string of the molecule is NC=NCC(Cn1cncn1)(OP(=O)(O)OCC(O)CO)c1ccc(F)cc1F. The first-order valence-electron chi connectivity index (χ1n) is 8.16. The highest BCUT2D eigenvalue weighted by Gasteiger charge is 2.44. The van der Waals surface area contributed by atoms with E-state index in [9.17, 15) is 23.3 Å². The summed E-state index contributed by atoms with van der Waals surface area (Å²) in [6.07, 6.45) is 1.84. The molecule has 0 aliphatic carbocycles. The molecule has 0 aliphatic rings. The lowest BCUT2D eigenvalue weighted by atomic mass is 9.93. The van der Waals surface area contributed by atoms with Gasteiger partial charge >= 0.3 is 7.82 Å². The van der Waals surface area contributed by atoms with Gasteiger partial charge in [-0.1, -0.05) is 6.07 Å². The van der Waals surface area contributed by atoms with E-state index in [1.165, 1.54) is 17.3 Å². The lowest BCUT2D eigenvalue weighted by Gasteiger charge is -2.34. The van der Waals surface area contributed by atoms with Crippen molar-refractivity contribution in [2.75, 3.05) is 19.8 Å². The summed E-state index contributed by atoms with van der Waals surface area (Å²) in [5, 5.41) is 22.0. The first-order chi connectivity index (χ1) is 13.7. The van der Waals surface area contributed by atoms with Crippen molar-refractivity contribution in [1.82, 2.24) is 14.8 Å². The van der Waals surface area contributed by atoms with E-state index in [4.69, 9.17) is 15.4 Å². The Hall–Kier alpha value is -2.28. The number of aliphatic hydroxyl groups is 2. The Bertz CT molecular complexity index is 871. The minimum atomic E-state index is -4.94. The van der Waals surface area contributed by atoms with Crippen molar-refractivity contribution in [3.63, 3.8) is 0 Å². The fourth-order valence-corrected chi connectivity index (χ4v) is 3.51. The van der Waals surface area contributed by atoms with Gasteiger partial charge in [0.25, 0.3) is 0 Å². The van der Waals surface area contributed by atoms with Crippen LogP contribution in [0.5, 0.6) is 0 Å². The van der Waals surface area contributed by atoms with E-state index < -0.39 is 50.9 Å². The number of aliphatic imine (C=N–C) groups is 1.